The van der Waals surface area contributed by atoms with Gasteiger partial charge in [0.15, 0.2) is 0 Å². The number of halogens is 5. The summed E-state index contributed by atoms with van der Waals surface area (Å²) in [6.45, 7) is 5.08. The molecule has 0 amide bonds. The first-order valence-corrected chi connectivity index (χ1v) is 9.90. The van der Waals surface area contributed by atoms with Crippen LogP contribution in [0.3, 0.4) is 0 Å². The van der Waals surface area contributed by atoms with E-state index >= 15 is 4.39 Å². The second kappa shape index (κ2) is 8.36. The third kappa shape index (κ3) is 4.35. The van der Waals surface area contributed by atoms with E-state index in [0.29, 0.717) is 28.7 Å². The van der Waals surface area contributed by atoms with Crippen LogP contribution in [0.1, 0.15) is 59.9 Å². The van der Waals surface area contributed by atoms with Gasteiger partial charge in [-0.05, 0) is 74.3 Å². The van der Waals surface area contributed by atoms with Gasteiger partial charge >= 0.3 is 12.1 Å². The smallest absolute Gasteiger partial charge is 0.419 e. The van der Waals surface area contributed by atoms with Crippen molar-refractivity contribution < 1.29 is 31.5 Å². The molecule has 1 fully saturated rings. The highest BCUT2D eigenvalue weighted by Crippen LogP contribution is 2.46. The number of esters is 1. The Bertz CT molecular complexity index is 975. The van der Waals surface area contributed by atoms with Crippen molar-refractivity contribution in [1.82, 2.24) is 0 Å². The van der Waals surface area contributed by atoms with E-state index in [9.17, 15) is 22.4 Å². The monoisotopic (exact) mass is 426 g/mol. The van der Waals surface area contributed by atoms with Crippen LogP contribution >= 0.6 is 0 Å². The summed E-state index contributed by atoms with van der Waals surface area (Å²) in [6, 6.07) is 4.22. The van der Waals surface area contributed by atoms with Crippen LogP contribution in [0.5, 0.6) is 0 Å². The minimum absolute atomic E-state index is 0.0734. The predicted molar refractivity (Wildman–Crippen MR) is 103 cm³/mol. The van der Waals surface area contributed by atoms with Crippen LogP contribution < -0.4 is 0 Å². The molecule has 0 N–H and O–H groups in total. The maximum absolute atomic E-state index is 15.4. The summed E-state index contributed by atoms with van der Waals surface area (Å²) in [5.74, 6) is -3.15. The zero-order valence-corrected chi connectivity index (χ0v) is 17.1. The maximum Gasteiger partial charge on any atom is 0.419 e. The zero-order chi connectivity index (χ0) is 22.2. The fraction of sp³-hybridized carbons (Fsp3) is 0.435. The summed E-state index contributed by atoms with van der Waals surface area (Å²) < 4.78 is 75.4. The van der Waals surface area contributed by atoms with Gasteiger partial charge in [0.2, 0.25) is 0 Å². The lowest BCUT2D eigenvalue weighted by Crippen LogP contribution is -2.14. The number of rotatable bonds is 6. The Labute approximate surface area is 172 Å². The molecule has 0 saturated heterocycles. The molecule has 1 saturated carbocycles. The molecule has 0 atom stereocenters. The summed E-state index contributed by atoms with van der Waals surface area (Å²) in [4.78, 5) is 11.6. The minimum Gasteiger partial charge on any atom is -0.466 e. The minimum atomic E-state index is -5.00. The molecule has 1 aliphatic carbocycles. The average molecular weight is 426 g/mol. The van der Waals surface area contributed by atoms with E-state index in [4.69, 9.17) is 4.74 Å². The number of benzene rings is 2. The molecule has 3 rings (SSSR count). The lowest BCUT2D eigenvalue weighted by molar-refractivity contribution is -0.143. The topological polar surface area (TPSA) is 26.3 Å². The summed E-state index contributed by atoms with van der Waals surface area (Å²) in [5, 5.41) is 0. The molecule has 0 bridgehead atoms. The van der Waals surface area contributed by atoms with Gasteiger partial charge in [0, 0.05) is 17.5 Å². The molecule has 1 aliphatic rings. The van der Waals surface area contributed by atoms with Gasteiger partial charge in [-0.3, -0.25) is 4.79 Å². The largest absolute Gasteiger partial charge is 0.466 e. The highest BCUT2D eigenvalue weighted by molar-refractivity contribution is 5.75. The highest BCUT2D eigenvalue weighted by Gasteiger charge is 2.38. The van der Waals surface area contributed by atoms with Crippen molar-refractivity contribution in [3.8, 4) is 11.1 Å². The summed E-state index contributed by atoms with van der Waals surface area (Å²) in [6.07, 6.45) is -3.97. The molecule has 0 aromatic heterocycles. The van der Waals surface area contributed by atoms with Crippen LogP contribution in [0.25, 0.3) is 11.1 Å². The molecule has 2 aromatic carbocycles. The van der Waals surface area contributed by atoms with Gasteiger partial charge in [-0.2, -0.15) is 13.2 Å². The number of aryl methyl sites for hydroxylation is 1. The Morgan fingerprint density at radius 2 is 1.80 bits per heavy atom. The number of carbonyl (C=O) groups excluding carboxylic acids is 1. The molecule has 0 heterocycles. The van der Waals surface area contributed by atoms with E-state index in [1.807, 2.05) is 6.07 Å². The first-order valence-electron chi connectivity index (χ1n) is 9.90. The molecule has 2 aromatic rings. The first kappa shape index (κ1) is 22.2. The molecular weight excluding hydrogens is 403 g/mol. The van der Waals surface area contributed by atoms with E-state index < -0.39 is 47.7 Å². The Kier molecular flexibility index (Phi) is 6.20. The van der Waals surface area contributed by atoms with Crippen LogP contribution in [-0.2, 0) is 22.1 Å². The van der Waals surface area contributed by atoms with Crippen molar-refractivity contribution >= 4 is 5.97 Å². The molecule has 0 aliphatic heterocycles. The van der Waals surface area contributed by atoms with Gasteiger partial charge in [0.25, 0.3) is 0 Å². The summed E-state index contributed by atoms with van der Waals surface area (Å²) in [5.41, 5.74) is 0.0528. The van der Waals surface area contributed by atoms with Crippen LogP contribution in [0, 0.1) is 25.5 Å². The van der Waals surface area contributed by atoms with Crippen molar-refractivity contribution in [1.29, 1.82) is 0 Å². The van der Waals surface area contributed by atoms with E-state index in [2.05, 4.69) is 0 Å². The van der Waals surface area contributed by atoms with Gasteiger partial charge in [0.05, 0.1) is 12.2 Å². The van der Waals surface area contributed by atoms with Gasteiger partial charge in [0.1, 0.15) is 11.6 Å². The van der Waals surface area contributed by atoms with Crippen molar-refractivity contribution in [2.24, 2.45) is 0 Å². The van der Waals surface area contributed by atoms with E-state index in [1.165, 1.54) is 0 Å². The fourth-order valence-corrected chi connectivity index (χ4v) is 3.87. The Hall–Kier alpha value is -2.44. The van der Waals surface area contributed by atoms with Gasteiger partial charge < -0.3 is 4.74 Å². The third-order valence-electron chi connectivity index (χ3n) is 5.48. The standard InChI is InChI=1S/C23H23F5O2/c1-4-30-19(29)10-9-16-21(24)17(11-18(22(16)25)23(26,27)28)20-12(2)5-8-15(13(20)3)14-6-7-14/h5,8,11,14H,4,6-7,9-10H2,1-3H3. The molecule has 162 valence electrons. The zero-order valence-electron chi connectivity index (χ0n) is 17.1. The molecule has 0 unspecified atom stereocenters. The highest BCUT2D eigenvalue weighted by atomic mass is 19.4. The van der Waals surface area contributed by atoms with E-state index in [-0.39, 0.29) is 12.2 Å². The number of hydrogen-bond donors (Lipinski definition) is 0. The molecule has 0 spiro atoms. The van der Waals surface area contributed by atoms with Crippen molar-refractivity contribution in [3.63, 3.8) is 0 Å². The van der Waals surface area contributed by atoms with Crippen molar-refractivity contribution in [2.45, 2.75) is 58.5 Å². The van der Waals surface area contributed by atoms with Gasteiger partial charge in [-0.15, -0.1) is 0 Å². The number of ether oxygens (including phenoxy) is 1. The van der Waals surface area contributed by atoms with E-state index in [1.54, 1.807) is 26.8 Å². The lowest BCUT2D eigenvalue weighted by Gasteiger charge is -2.20. The Morgan fingerprint density at radius 3 is 2.37 bits per heavy atom. The number of carbonyl (C=O) groups is 1. The molecule has 2 nitrogen and oxygen atoms in total. The maximum atomic E-state index is 15.4. The molecule has 0 radical (unpaired) electrons. The van der Waals surface area contributed by atoms with Crippen LogP contribution in [0.2, 0.25) is 0 Å². The predicted octanol–water partition coefficient (Wildman–Crippen LogP) is 6.64. The average Bonchev–Trinajstić information content (AvgIpc) is 3.47. The second-order valence-electron chi connectivity index (χ2n) is 7.63. The lowest BCUT2D eigenvalue weighted by atomic mass is 9.87. The van der Waals surface area contributed by atoms with Crippen molar-refractivity contribution in [2.75, 3.05) is 6.61 Å². The fourth-order valence-electron chi connectivity index (χ4n) is 3.87. The number of hydrogen-bond acceptors (Lipinski definition) is 2. The van der Waals surface area contributed by atoms with Crippen LogP contribution in [0.4, 0.5) is 22.0 Å². The Morgan fingerprint density at radius 1 is 1.13 bits per heavy atom. The van der Waals surface area contributed by atoms with Crippen molar-refractivity contribution in [3.05, 3.63) is 57.7 Å². The van der Waals surface area contributed by atoms with E-state index in [0.717, 1.165) is 18.4 Å². The second-order valence-corrected chi connectivity index (χ2v) is 7.63. The third-order valence-corrected chi connectivity index (χ3v) is 5.48. The molecular formula is C23H23F5O2. The van der Waals surface area contributed by atoms with Gasteiger partial charge in [-0.25, -0.2) is 8.78 Å². The van der Waals surface area contributed by atoms with Crippen LogP contribution in [-0.4, -0.2) is 12.6 Å². The summed E-state index contributed by atoms with van der Waals surface area (Å²) >= 11 is 0. The molecule has 30 heavy (non-hydrogen) atoms. The van der Waals surface area contributed by atoms with Crippen LogP contribution in [0.15, 0.2) is 18.2 Å². The molecule has 7 heteroatoms. The SMILES string of the molecule is CCOC(=O)CCc1c(F)c(-c2c(C)ccc(C3CC3)c2C)cc(C(F)(F)F)c1F. The normalized spacial score (nSPS) is 14.1. The quantitative estimate of drug-likeness (QED) is 0.382. The first-order chi connectivity index (χ1) is 14.1. The van der Waals surface area contributed by atoms with Gasteiger partial charge in [-0.1, -0.05) is 12.1 Å². The number of alkyl halides is 3. The summed E-state index contributed by atoms with van der Waals surface area (Å²) in [7, 11) is 0. The Balaban J connectivity index is 2.19.